The number of rotatable bonds is 2. The number of aryl methyl sites for hydroxylation is 1. The van der Waals surface area contributed by atoms with Crippen molar-refractivity contribution in [3.05, 3.63) is 58.1 Å². The molecule has 0 aliphatic rings. The quantitative estimate of drug-likeness (QED) is 0.706. The molecule has 3 aromatic rings. The first-order valence-electron chi connectivity index (χ1n) is 6.34. The molecular formula is C16H12Cl2N2O. The molecule has 1 aromatic heterocycles. The van der Waals surface area contributed by atoms with Crippen LogP contribution in [0.5, 0.6) is 0 Å². The summed E-state index contributed by atoms with van der Waals surface area (Å²) in [5.41, 5.74) is 10.0. The van der Waals surface area contributed by atoms with E-state index >= 15 is 0 Å². The van der Waals surface area contributed by atoms with Crippen molar-refractivity contribution in [3.63, 3.8) is 0 Å². The van der Waals surface area contributed by atoms with Crippen molar-refractivity contribution < 1.29 is 4.52 Å². The molecule has 0 fully saturated rings. The molecule has 2 N–H and O–H groups in total. The van der Waals surface area contributed by atoms with Crippen molar-refractivity contribution in [1.29, 1.82) is 0 Å². The fourth-order valence-corrected chi connectivity index (χ4v) is 2.64. The number of nitrogen functional groups attached to an aromatic ring is 1. The van der Waals surface area contributed by atoms with E-state index in [1.54, 1.807) is 12.1 Å². The van der Waals surface area contributed by atoms with Crippen LogP contribution in [0.25, 0.3) is 22.4 Å². The van der Waals surface area contributed by atoms with Crippen LogP contribution in [-0.4, -0.2) is 5.16 Å². The van der Waals surface area contributed by atoms with Gasteiger partial charge in [0, 0.05) is 10.6 Å². The molecule has 0 aliphatic heterocycles. The standard InChI is InChI=1S/C16H12Cl2N2O/c1-9-2-7-12(13(18)8-9)15-14(16(19)21-20-15)10-3-5-11(17)6-4-10/h2-8H,19H2,1H3. The molecule has 5 heteroatoms. The summed E-state index contributed by atoms with van der Waals surface area (Å²) in [7, 11) is 0. The number of nitrogens with two attached hydrogens (primary N) is 1. The highest BCUT2D eigenvalue weighted by Crippen LogP contribution is 2.39. The van der Waals surface area contributed by atoms with Gasteiger partial charge in [0.25, 0.3) is 0 Å². The maximum absolute atomic E-state index is 6.31. The molecular weight excluding hydrogens is 307 g/mol. The largest absolute Gasteiger partial charge is 0.367 e. The number of halogens is 2. The molecule has 0 atom stereocenters. The number of nitrogens with zero attached hydrogens (tertiary/aromatic N) is 1. The fourth-order valence-electron chi connectivity index (χ4n) is 2.19. The van der Waals surface area contributed by atoms with Gasteiger partial charge in [-0.15, -0.1) is 0 Å². The third-order valence-corrected chi connectivity index (χ3v) is 3.80. The summed E-state index contributed by atoms with van der Waals surface area (Å²) in [5, 5.41) is 5.32. The minimum Gasteiger partial charge on any atom is -0.367 e. The van der Waals surface area contributed by atoms with E-state index in [1.807, 2.05) is 37.3 Å². The van der Waals surface area contributed by atoms with Crippen LogP contribution >= 0.6 is 23.2 Å². The molecule has 2 aromatic carbocycles. The van der Waals surface area contributed by atoms with Gasteiger partial charge in [0.2, 0.25) is 5.88 Å². The molecule has 0 unspecified atom stereocenters. The van der Waals surface area contributed by atoms with E-state index in [2.05, 4.69) is 5.16 Å². The molecule has 0 bridgehead atoms. The SMILES string of the molecule is Cc1ccc(-c2noc(N)c2-c2ccc(Cl)cc2)c(Cl)c1. The zero-order valence-electron chi connectivity index (χ0n) is 11.2. The summed E-state index contributed by atoms with van der Waals surface area (Å²) in [6.07, 6.45) is 0. The van der Waals surface area contributed by atoms with Crippen LogP contribution in [0, 0.1) is 6.92 Å². The molecule has 21 heavy (non-hydrogen) atoms. The zero-order chi connectivity index (χ0) is 15.0. The second-order valence-corrected chi connectivity index (χ2v) is 5.60. The van der Waals surface area contributed by atoms with Gasteiger partial charge in [-0.25, -0.2) is 0 Å². The van der Waals surface area contributed by atoms with Gasteiger partial charge < -0.3 is 10.3 Å². The molecule has 0 saturated carbocycles. The predicted octanol–water partition coefficient (Wildman–Crippen LogP) is 5.21. The summed E-state index contributed by atoms with van der Waals surface area (Å²) >= 11 is 12.2. The minimum atomic E-state index is 0.254. The monoisotopic (exact) mass is 318 g/mol. The Morgan fingerprint density at radius 2 is 1.76 bits per heavy atom. The van der Waals surface area contributed by atoms with Crippen molar-refractivity contribution in [2.24, 2.45) is 0 Å². The van der Waals surface area contributed by atoms with Gasteiger partial charge in [-0.2, -0.15) is 0 Å². The number of hydrogen-bond acceptors (Lipinski definition) is 3. The first-order chi connectivity index (χ1) is 10.1. The van der Waals surface area contributed by atoms with Gasteiger partial charge in [0.05, 0.1) is 10.6 Å². The van der Waals surface area contributed by atoms with E-state index in [1.165, 1.54) is 0 Å². The first kappa shape index (κ1) is 14.0. The van der Waals surface area contributed by atoms with Gasteiger partial charge in [-0.3, -0.25) is 0 Å². The van der Waals surface area contributed by atoms with Gasteiger partial charge in [-0.05, 0) is 36.2 Å². The van der Waals surface area contributed by atoms with E-state index in [0.29, 0.717) is 15.7 Å². The van der Waals surface area contributed by atoms with Crippen LogP contribution in [0.3, 0.4) is 0 Å². The normalized spacial score (nSPS) is 10.8. The third-order valence-electron chi connectivity index (χ3n) is 3.23. The number of benzene rings is 2. The summed E-state index contributed by atoms with van der Waals surface area (Å²) in [6.45, 7) is 1.98. The van der Waals surface area contributed by atoms with Crippen molar-refractivity contribution in [2.45, 2.75) is 6.92 Å². The summed E-state index contributed by atoms with van der Waals surface area (Å²) in [4.78, 5) is 0. The fraction of sp³-hybridized carbons (Fsp3) is 0.0625. The highest BCUT2D eigenvalue weighted by atomic mass is 35.5. The number of anilines is 1. The van der Waals surface area contributed by atoms with Crippen LogP contribution in [-0.2, 0) is 0 Å². The molecule has 3 rings (SSSR count). The Bertz CT molecular complexity index is 795. The van der Waals surface area contributed by atoms with Crippen LogP contribution < -0.4 is 5.73 Å². The Labute approximate surface area is 132 Å². The maximum atomic E-state index is 6.31. The third kappa shape index (κ3) is 2.62. The summed E-state index contributed by atoms with van der Waals surface area (Å²) < 4.78 is 5.16. The lowest BCUT2D eigenvalue weighted by Gasteiger charge is -2.05. The minimum absolute atomic E-state index is 0.254. The van der Waals surface area contributed by atoms with Gasteiger partial charge in [-0.1, -0.05) is 52.6 Å². The topological polar surface area (TPSA) is 52.0 Å². The maximum Gasteiger partial charge on any atom is 0.230 e. The van der Waals surface area contributed by atoms with Crippen LogP contribution in [0.1, 0.15) is 5.56 Å². The van der Waals surface area contributed by atoms with Crippen LogP contribution in [0.4, 0.5) is 5.88 Å². The van der Waals surface area contributed by atoms with Gasteiger partial charge in [0.15, 0.2) is 0 Å². The first-order valence-corrected chi connectivity index (χ1v) is 7.09. The van der Waals surface area contributed by atoms with Crippen LogP contribution in [0.15, 0.2) is 47.0 Å². The molecule has 106 valence electrons. The second kappa shape index (κ2) is 5.43. The average molecular weight is 319 g/mol. The van der Waals surface area contributed by atoms with Gasteiger partial charge in [0.1, 0.15) is 5.69 Å². The molecule has 0 amide bonds. The van der Waals surface area contributed by atoms with Crippen molar-refractivity contribution >= 4 is 29.1 Å². The van der Waals surface area contributed by atoms with E-state index in [9.17, 15) is 0 Å². The second-order valence-electron chi connectivity index (χ2n) is 4.76. The van der Waals surface area contributed by atoms with E-state index < -0.39 is 0 Å². The van der Waals surface area contributed by atoms with Crippen molar-refractivity contribution in [2.75, 3.05) is 5.73 Å². The van der Waals surface area contributed by atoms with E-state index in [4.69, 9.17) is 33.5 Å². The Morgan fingerprint density at radius 3 is 2.43 bits per heavy atom. The number of hydrogen-bond donors (Lipinski definition) is 1. The Balaban J connectivity index is 2.19. The highest BCUT2D eigenvalue weighted by molar-refractivity contribution is 6.33. The molecule has 0 saturated heterocycles. The summed E-state index contributed by atoms with van der Waals surface area (Å²) in [5.74, 6) is 0.254. The highest BCUT2D eigenvalue weighted by Gasteiger charge is 2.19. The van der Waals surface area contributed by atoms with Gasteiger partial charge >= 0.3 is 0 Å². The van der Waals surface area contributed by atoms with Crippen molar-refractivity contribution in [3.8, 4) is 22.4 Å². The summed E-state index contributed by atoms with van der Waals surface area (Å²) in [6, 6.07) is 13.1. The lowest BCUT2D eigenvalue weighted by molar-refractivity contribution is 0.439. The lowest BCUT2D eigenvalue weighted by Crippen LogP contribution is -1.88. The molecule has 1 heterocycles. The average Bonchev–Trinajstić information content (AvgIpc) is 2.82. The number of aromatic nitrogens is 1. The van der Waals surface area contributed by atoms with Crippen LogP contribution in [0.2, 0.25) is 10.0 Å². The Kier molecular flexibility index (Phi) is 3.62. The Hall–Kier alpha value is -1.97. The van der Waals surface area contributed by atoms with Crippen molar-refractivity contribution in [1.82, 2.24) is 5.16 Å². The molecule has 0 spiro atoms. The van der Waals surface area contributed by atoms with E-state index in [0.717, 1.165) is 22.3 Å². The molecule has 0 radical (unpaired) electrons. The molecule has 3 nitrogen and oxygen atoms in total. The Morgan fingerprint density at radius 1 is 1.05 bits per heavy atom. The smallest absolute Gasteiger partial charge is 0.230 e. The predicted molar refractivity (Wildman–Crippen MR) is 86.5 cm³/mol. The molecule has 0 aliphatic carbocycles. The van der Waals surface area contributed by atoms with E-state index in [-0.39, 0.29) is 5.88 Å². The lowest BCUT2D eigenvalue weighted by atomic mass is 10.0. The zero-order valence-corrected chi connectivity index (χ0v) is 12.7.